The molecule has 0 saturated carbocycles. The molecule has 0 saturated heterocycles. The molecule has 0 atom stereocenters. The lowest BCUT2D eigenvalue weighted by Gasteiger charge is -2.02. The summed E-state index contributed by atoms with van der Waals surface area (Å²) in [6.45, 7) is 0. The summed E-state index contributed by atoms with van der Waals surface area (Å²) in [6, 6.07) is 13.2. The first-order valence-corrected chi connectivity index (χ1v) is 8.52. The maximum Gasteiger partial charge on any atom is 0.251 e. The maximum atomic E-state index is 11.6. The number of thiazole rings is 1. The predicted molar refractivity (Wildman–Crippen MR) is 89.1 cm³/mol. The Morgan fingerprint density at radius 3 is 3.00 bits per heavy atom. The van der Waals surface area contributed by atoms with Gasteiger partial charge in [0.2, 0.25) is 0 Å². The van der Waals surface area contributed by atoms with Crippen LogP contribution >= 0.6 is 23.1 Å². The van der Waals surface area contributed by atoms with E-state index < -0.39 is 0 Å². The van der Waals surface area contributed by atoms with Crippen LogP contribution in [0.2, 0.25) is 0 Å². The molecule has 22 heavy (non-hydrogen) atoms. The quantitative estimate of drug-likeness (QED) is 0.406. The van der Waals surface area contributed by atoms with Crippen molar-refractivity contribution in [2.75, 3.05) is 7.11 Å². The van der Waals surface area contributed by atoms with E-state index in [1.807, 2.05) is 41.8 Å². The second-order valence-electron chi connectivity index (χ2n) is 4.53. The fraction of sp³-hybridized carbons (Fsp3) is 0.125. The van der Waals surface area contributed by atoms with Crippen molar-refractivity contribution in [3.05, 3.63) is 64.9 Å². The molecule has 0 aliphatic heterocycles. The van der Waals surface area contributed by atoms with Crippen molar-refractivity contribution >= 4 is 23.1 Å². The van der Waals surface area contributed by atoms with Crippen LogP contribution in [-0.2, 0) is 5.75 Å². The number of nitrogens with zero attached hydrogens (tertiary/aromatic N) is 2. The summed E-state index contributed by atoms with van der Waals surface area (Å²) < 4.78 is 6.11. The topological polar surface area (TPSA) is 49.1 Å². The van der Waals surface area contributed by atoms with Crippen LogP contribution in [0.1, 0.15) is 5.69 Å². The molecule has 0 fully saturated rings. The first-order chi connectivity index (χ1) is 10.8. The second kappa shape index (κ2) is 6.81. The molecule has 0 aliphatic rings. The molecule has 3 rings (SSSR count). The number of benzene rings is 1. The van der Waals surface area contributed by atoms with E-state index >= 15 is 0 Å². The summed E-state index contributed by atoms with van der Waals surface area (Å²) in [5, 5.41) is 15.3. The molecule has 6 heteroatoms. The fourth-order valence-corrected chi connectivity index (χ4v) is 3.66. The van der Waals surface area contributed by atoms with Gasteiger partial charge >= 0.3 is 0 Å². The van der Waals surface area contributed by atoms with Gasteiger partial charge in [-0.2, -0.15) is 4.73 Å². The smallest absolute Gasteiger partial charge is 0.251 e. The summed E-state index contributed by atoms with van der Waals surface area (Å²) in [5.74, 6) is 1.49. The standard InChI is InChI=1S/C16H14N2O2S2/c1-20-14-6-4-5-12(9-14)16-17-13(11-22-16)10-21-15-7-2-3-8-18(15)19/h2-9,11H,10H2,1H3. The third-order valence-electron chi connectivity index (χ3n) is 3.02. The number of pyridine rings is 1. The average molecular weight is 330 g/mol. The Kier molecular flexibility index (Phi) is 4.60. The highest BCUT2D eigenvalue weighted by atomic mass is 32.2. The van der Waals surface area contributed by atoms with Gasteiger partial charge in [0.1, 0.15) is 10.8 Å². The number of hydrogen-bond acceptors (Lipinski definition) is 5. The maximum absolute atomic E-state index is 11.6. The summed E-state index contributed by atoms with van der Waals surface area (Å²) in [7, 11) is 1.65. The lowest BCUT2D eigenvalue weighted by Crippen LogP contribution is -2.27. The molecular formula is C16H14N2O2S2. The van der Waals surface area contributed by atoms with E-state index in [-0.39, 0.29) is 0 Å². The van der Waals surface area contributed by atoms with E-state index in [1.54, 1.807) is 24.5 Å². The molecule has 112 valence electrons. The van der Waals surface area contributed by atoms with Gasteiger partial charge in [-0.25, -0.2) is 4.98 Å². The highest BCUT2D eigenvalue weighted by molar-refractivity contribution is 7.98. The minimum Gasteiger partial charge on any atom is -0.618 e. The zero-order valence-corrected chi connectivity index (χ0v) is 13.6. The van der Waals surface area contributed by atoms with Crippen LogP contribution in [0.15, 0.2) is 59.1 Å². The number of methoxy groups -OCH3 is 1. The molecule has 2 heterocycles. The number of ether oxygens (including phenoxy) is 1. The molecule has 0 radical (unpaired) electrons. The molecule has 0 bridgehead atoms. The van der Waals surface area contributed by atoms with Crippen LogP contribution in [0.25, 0.3) is 10.6 Å². The van der Waals surface area contributed by atoms with Crippen molar-refractivity contribution in [2.24, 2.45) is 0 Å². The summed E-state index contributed by atoms with van der Waals surface area (Å²) in [6.07, 6.45) is 1.51. The third kappa shape index (κ3) is 3.40. The van der Waals surface area contributed by atoms with E-state index in [0.29, 0.717) is 10.8 Å². The van der Waals surface area contributed by atoms with Gasteiger partial charge in [0.25, 0.3) is 5.03 Å². The average Bonchev–Trinajstić information content (AvgIpc) is 3.03. The highest BCUT2D eigenvalue weighted by Crippen LogP contribution is 2.28. The number of thioether (sulfide) groups is 1. The van der Waals surface area contributed by atoms with Crippen molar-refractivity contribution in [1.82, 2.24) is 4.98 Å². The van der Waals surface area contributed by atoms with Gasteiger partial charge in [-0.05, 0) is 30.0 Å². The van der Waals surface area contributed by atoms with Crippen molar-refractivity contribution in [2.45, 2.75) is 10.8 Å². The Balaban J connectivity index is 1.72. The Labute approximate surface area is 137 Å². The second-order valence-corrected chi connectivity index (χ2v) is 6.38. The van der Waals surface area contributed by atoms with Crippen LogP contribution < -0.4 is 9.47 Å². The third-order valence-corrected chi connectivity index (χ3v) is 5.02. The molecule has 4 nitrogen and oxygen atoms in total. The Hall–Kier alpha value is -2.05. The summed E-state index contributed by atoms with van der Waals surface area (Å²) in [4.78, 5) is 4.63. The van der Waals surface area contributed by atoms with Crippen molar-refractivity contribution in [3.8, 4) is 16.3 Å². The van der Waals surface area contributed by atoms with Crippen molar-refractivity contribution < 1.29 is 9.47 Å². The van der Waals surface area contributed by atoms with Crippen LogP contribution in [0.3, 0.4) is 0 Å². The molecule has 2 aromatic heterocycles. The SMILES string of the molecule is COc1cccc(-c2nc(CSc3cccc[n+]3[O-])cs2)c1. The van der Waals surface area contributed by atoms with Crippen molar-refractivity contribution in [3.63, 3.8) is 0 Å². The lowest BCUT2D eigenvalue weighted by atomic mass is 10.2. The molecule has 0 amide bonds. The molecule has 0 aliphatic carbocycles. The zero-order chi connectivity index (χ0) is 15.4. The van der Waals surface area contributed by atoms with Gasteiger partial charge in [-0.15, -0.1) is 11.3 Å². The van der Waals surface area contributed by atoms with Crippen LogP contribution in [0.5, 0.6) is 5.75 Å². The molecule has 3 aromatic rings. The number of rotatable bonds is 5. The normalized spacial score (nSPS) is 10.6. The largest absolute Gasteiger partial charge is 0.618 e. The molecule has 0 N–H and O–H groups in total. The van der Waals surface area contributed by atoms with Crippen LogP contribution in [0, 0.1) is 5.21 Å². The molecule has 1 aromatic carbocycles. The van der Waals surface area contributed by atoms with E-state index in [0.717, 1.165) is 26.7 Å². The minimum atomic E-state index is 0.673. The lowest BCUT2D eigenvalue weighted by molar-refractivity contribution is -0.645. The van der Waals surface area contributed by atoms with E-state index in [2.05, 4.69) is 4.98 Å². The summed E-state index contributed by atoms with van der Waals surface area (Å²) in [5.41, 5.74) is 2.01. The van der Waals surface area contributed by atoms with Gasteiger partial charge in [0, 0.05) is 28.8 Å². The fourth-order valence-electron chi connectivity index (χ4n) is 1.93. The molecule has 0 spiro atoms. The van der Waals surface area contributed by atoms with Gasteiger partial charge in [-0.1, -0.05) is 12.1 Å². The Morgan fingerprint density at radius 1 is 1.27 bits per heavy atom. The molecular weight excluding hydrogens is 316 g/mol. The predicted octanol–water partition coefficient (Wildman–Crippen LogP) is 3.74. The van der Waals surface area contributed by atoms with E-state index in [4.69, 9.17) is 4.74 Å². The Bertz CT molecular complexity index is 774. The van der Waals surface area contributed by atoms with Crippen LogP contribution in [0.4, 0.5) is 0 Å². The van der Waals surface area contributed by atoms with E-state index in [1.165, 1.54) is 18.0 Å². The molecule has 0 unspecified atom stereocenters. The van der Waals surface area contributed by atoms with Gasteiger partial charge in [-0.3, -0.25) is 0 Å². The van der Waals surface area contributed by atoms with Gasteiger partial charge in [0.15, 0.2) is 6.20 Å². The number of aromatic nitrogens is 2. The van der Waals surface area contributed by atoms with E-state index in [9.17, 15) is 5.21 Å². The highest BCUT2D eigenvalue weighted by Gasteiger charge is 2.09. The Morgan fingerprint density at radius 2 is 2.18 bits per heavy atom. The zero-order valence-electron chi connectivity index (χ0n) is 11.9. The van der Waals surface area contributed by atoms with Gasteiger partial charge < -0.3 is 9.94 Å². The monoisotopic (exact) mass is 330 g/mol. The van der Waals surface area contributed by atoms with Crippen molar-refractivity contribution in [1.29, 1.82) is 0 Å². The van der Waals surface area contributed by atoms with Gasteiger partial charge in [0.05, 0.1) is 12.8 Å². The first kappa shape index (κ1) is 14.9. The first-order valence-electron chi connectivity index (χ1n) is 6.66. The van der Waals surface area contributed by atoms with Crippen LogP contribution in [-0.4, -0.2) is 12.1 Å². The minimum absolute atomic E-state index is 0.673. The number of hydrogen-bond donors (Lipinski definition) is 0. The summed E-state index contributed by atoms with van der Waals surface area (Å²) >= 11 is 3.08.